The van der Waals surface area contributed by atoms with E-state index in [1.165, 1.54) is 6.07 Å². The highest BCUT2D eigenvalue weighted by atomic mass is 32.2. The Labute approximate surface area is 123 Å². The summed E-state index contributed by atoms with van der Waals surface area (Å²) in [4.78, 5) is 4.10. The van der Waals surface area contributed by atoms with Crippen LogP contribution in [-0.2, 0) is 11.9 Å². The van der Waals surface area contributed by atoms with Crippen LogP contribution in [0.15, 0.2) is 22.7 Å². The van der Waals surface area contributed by atoms with E-state index >= 15 is 0 Å². The van der Waals surface area contributed by atoms with E-state index < -0.39 is 11.7 Å². The fraction of sp³-hybridized carbons (Fsp3) is 0.385. The van der Waals surface area contributed by atoms with E-state index in [9.17, 15) is 13.2 Å². The first kappa shape index (κ1) is 15.7. The molecule has 0 fully saturated rings. The zero-order valence-electron chi connectivity index (χ0n) is 11.4. The normalized spacial score (nSPS) is 12.1. The first-order chi connectivity index (χ1) is 9.75. The maximum Gasteiger partial charge on any atom is 0.416 e. The molecule has 0 aliphatic heterocycles. The third-order valence-electron chi connectivity index (χ3n) is 2.54. The minimum Gasteiger partial charge on any atom is -0.399 e. The number of nitrogens with two attached hydrogens (primary N) is 1. The summed E-state index contributed by atoms with van der Waals surface area (Å²) in [6, 6.07) is 3.20. The summed E-state index contributed by atoms with van der Waals surface area (Å²) in [5.74, 6) is 1.02. The molecule has 1 aromatic heterocycles. The van der Waals surface area contributed by atoms with Crippen molar-refractivity contribution in [3.05, 3.63) is 29.6 Å². The van der Waals surface area contributed by atoms with Crippen molar-refractivity contribution in [2.75, 3.05) is 5.73 Å². The molecule has 0 spiro atoms. The molecule has 4 nitrogen and oxygen atoms in total. The van der Waals surface area contributed by atoms with Crippen LogP contribution in [0, 0.1) is 0 Å². The Morgan fingerprint density at radius 2 is 2.00 bits per heavy atom. The van der Waals surface area contributed by atoms with E-state index in [0.717, 1.165) is 12.1 Å². The number of nitrogens with zero attached hydrogens (tertiary/aromatic N) is 2. The summed E-state index contributed by atoms with van der Waals surface area (Å²) in [6.45, 7) is 4.05. The van der Waals surface area contributed by atoms with Gasteiger partial charge in [-0.15, -0.1) is 0 Å². The maximum absolute atomic E-state index is 12.8. The second-order valence-corrected chi connectivity index (χ2v) is 6.28. The molecule has 21 heavy (non-hydrogen) atoms. The Kier molecular flexibility index (Phi) is 4.46. The van der Waals surface area contributed by atoms with Gasteiger partial charge >= 0.3 is 6.18 Å². The average molecular weight is 317 g/mol. The molecule has 2 rings (SSSR count). The number of hydrogen-bond donors (Lipinski definition) is 1. The van der Waals surface area contributed by atoms with Crippen LogP contribution in [0.2, 0.25) is 0 Å². The number of hydrogen-bond acceptors (Lipinski definition) is 5. The number of alkyl halides is 3. The number of rotatable bonds is 4. The first-order valence-corrected chi connectivity index (χ1v) is 7.23. The van der Waals surface area contributed by atoms with Crippen molar-refractivity contribution in [1.29, 1.82) is 0 Å². The van der Waals surface area contributed by atoms with Gasteiger partial charge in [0.15, 0.2) is 5.82 Å². The molecule has 114 valence electrons. The highest BCUT2D eigenvalue weighted by molar-refractivity contribution is 7.99. The number of anilines is 1. The molecule has 2 N–H and O–H groups in total. The Hall–Kier alpha value is -1.70. The lowest BCUT2D eigenvalue weighted by molar-refractivity contribution is -0.137. The number of halogens is 3. The van der Waals surface area contributed by atoms with Gasteiger partial charge in [-0.05, 0) is 23.4 Å². The topological polar surface area (TPSA) is 64.9 Å². The van der Waals surface area contributed by atoms with Gasteiger partial charge in [-0.1, -0.05) is 19.0 Å². The molecule has 1 aromatic carbocycles. The largest absolute Gasteiger partial charge is 0.416 e. The van der Waals surface area contributed by atoms with E-state index in [1.807, 2.05) is 13.8 Å². The van der Waals surface area contributed by atoms with Crippen LogP contribution in [0.4, 0.5) is 18.9 Å². The van der Waals surface area contributed by atoms with Gasteiger partial charge in [-0.2, -0.15) is 29.9 Å². The van der Waals surface area contributed by atoms with Crippen molar-refractivity contribution >= 4 is 17.4 Å². The predicted molar refractivity (Wildman–Crippen MR) is 75.6 cm³/mol. The molecule has 0 unspecified atom stereocenters. The SMILES string of the molecule is CC(C)SCc1noc(-c2cc(N)cc(C(F)(F)F)c2)n1. The van der Waals surface area contributed by atoms with Gasteiger partial charge in [0.2, 0.25) is 0 Å². The van der Waals surface area contributed by atoms with Gasteiger partial charge in [0.1, 0.15) is 0 Å². The molecule has 1 heterocycles. The van der Waals surface area contributed by atoms with E-state index in [4.69, 9.17) is 10.3 Å². The van der Waals surface area contributed by atoms with Crippen LogP contribution in [0.5, 0.6) is 0 Å². The Balaban J connectivity index is 2.28. The molecule has 0 aliphatic carbocycles. The van der Waals surface area contributed by atoms with Crippen LogP contribution < -0.4 is 5.73 Å². The van der Waals surface area contributed by atoms with Gasteiger partial charge in [0, 0.05) is 11.3 Å². The summed E-state index contributed by atoms with van der Waals surface area (Å²) in [6.07, 6.45) is -4.47. The van der Waals surface area contributed by atoms with Gasteiger partial charge < -0.3 is 10.3 Å². The molecular weight excluding hydrogens is 303 g/mol. The standard InChI is InChI=1S/C13H14F3N3OS/c1-7(2)21-6-11-18-12(20-19-11)8-3-9(13(14,15)16)5-10(17)4-8/h3-5,7H,6,17H2,1-2H3. The summed E-state index contributed by atoms with van der Waals surface area (Å²) in [5, 5.41) is 4.16. The highest BCUT2D eigenvalue weighted by Crippen LogP contribution is 2.33. The van der Waals surface area contributed by atoms with Crippen molar-refractivity contribution in [3.63, 3.8) is 0 Å². The Bertz CT molecular complexity index is 625. The van der Waals surface area contributed by atoms with E-state index in [-0.39, 0.29) is 17.1 Å². The molecule has 0 saturated heterocycles. The lowest BCUT2D eigenvalue weighted by atomic mass is 10.1. The van der Waals surface area contributed by atoms with Crippen molar-refractivity contribution < 1.29 is 17.7 Å². The van der Waals surface area contributed by atoms with Gasteiger partial charge in [0.05, 0.1) is 11.3 Å². The summed E-state index contributed by atoms with van der Waals surface area (Å²) < 4.78 is 43.3. The second kappa shape index (κ2) is 5.97. The van der Waals surface area contributed by atoms with Crippen molar-refractivity contribution in [2.24, 2.45) is 0 Å². The van der Waals surface area contributed by atoms with Gasteiger partial charge in [-0.25, -0.2) is 0 Å². The van der Waals surface area contributed by atoms with Crippen molar-refractivity contribution in [3.8, 4) is 11.5 Å². The minimum absolute atomic E-state index is 0.00358. The average Bonchev–Trinajstić information content (AvgIpc) is 2.83. The Morgan fingerprint density at radius 3 is 2.62 bits per heavy atom. The van der Waals surface area contributed by atoms with E-state index in [2.05, 4.69) is 10.1 Å². The van der Waals surface area contributed by atoms with Crippen molar-refractivity contribution in [2.45, 2.75) is 31.0 Å². The second-order valence-electron chi connectivity index (χ2n) is 4.72. The van der Waals surface area contributed by atoms with Gasteiger partial charge in [-0.3, -0.25) is 0 Å². The fourth-order valence-corrected chi connectivity index (χ4v) is 2.21. The molecule has 0 atom stereocenters. The number of nitrogen functional groups attached to an aromatic ring is 1. The van der Waals surface area contributed by atoms with E-state index in [0.29, 0.717) is 16.8 Å². The molecule has 0 saturated carbocycles. The molecule has 0 amide bonds. The highest BCUT2D eigenvalue weighted by Gasteiger charge is 2.31. The molecule has 8 heteroatoms. The molecule has 2 aromatic rings. The molecule has 0 bridgehead atoms. The zero-order valence-corrected chi connectivity index (χ0v) is 12.3. The lowest BCUT2D eigenvalue weighted by Crippen LogP contribution is -2.06. The molecule has 0 aliphatic rings. The van der Waals surface area contributed by atoms with Crippen LogP contribution >= 0.6 is 11.8 Å². The van der Waals surface area contributed by atoms with Crippen molar-refractivity contribution in [1.82, 2.24) is 10.1 Å². The lowest BCUT2D eigenvalue weighted by Gasteiger charge is -2.08. The number of benzene rings is 1. The van der Waals surface area contributed by atoms with Crippen LogP contribution in [0.3, 0.4) is 0 Å². The zero-order chi connectivity index (χ0) is 15.6. The van der Waals surface area contributed by atoms with E-state index in [1.54, 1.807) is 11.8 Å². The summed E-state index contributed by atoms with van der Waals surface area (Å²) in [5.41, 5.74) is 4.82. The van der Waals surface area contributed by atoms with Crippen LogP contribution in [0.25, 0.3) is 11.5 Å². The van der Waals surface area contributed by atoms with Gasteiger partial charge in [0.25, 0.3) is 5.89 Å². The third-order valence-corrected chi connectivity index (χ3v) is 3.64. The predicted octanol–water partition coefficient (Wildman–Crippen LogP) is 3.98. The third kappa shape index (κ3) is 4.13. The first-order valence-electron chi connectivity index (χ1n) is 6.18. The van der Waals surface area contributed by atoms with Crippen LogP contribution in [-0.4, -0.2) is 15.4 Å². The monoisotopic (exact) mass is 317 g/mol. The number of thioether (sulfide) groups is 1. The summed E-state index contributed by atoms with van der Waals surface area (Å²) >= 11 is 1.61. The smallest absolute Gasteiger partial charge is 0.399 e. The minimum atomic E-state index is -4.47. The molecule has 0 radical (unpaired) electrons. The fourth-order valence-electron chi connectivity index (χ4n) is 1.61. The maximum atomic E-state index is 12.8. The quantitative estimate of drug-likeness (QED) is 0.864. The number of aromatic nitrogens is 2. The molecular formula is C13H14F3N3OS. The summed E-state index contributed by atoms with van der Waals surface area (Å²) in [7, 11) is 0. The Morgan fingerprint density at radius 1 is 1.29 bits per heavy atom. The van der Waals surface area contributed by atoms with Crippen LogP contribution in [0.1, 0.15) is 25.2 Å².